The molecule has 0 aromatic heterocycles. The number of phenols is 1. The summed E-state index contributed by atoms with van der Waals surface area (Å²) in [5.41, 5.74) is 1.11. The predicted octanol–water partition coefficient (Wildman–Crippen LogP) is 1.83. The fraction of sp³-hybridized carbons (Fsp3) is 0.182. The van der Waals surface area contributed by atoms with Crippen LogP contribution in [0.3, 0.4) is 0 Å². The minimum atomic E-state index is 0.267. The smallest absolute Gasteiger partial charge is 0.235 e. The maximum Gasteiger partial charge on any atom is 0.235 e. The van der Waals surface area contributed by atoms with E-state index in [1.165, 1.54) is 6.08 Å². The van der Waals surface area contributed by atoms with Crippen LogP contribution in [0.5, 0.6) is 5.75 Å². The number of benzene rings is 1. The number of aliphatic imine (C=N–C) groups is 1. The van der Waals surface area contributed by atoms with Gasteiger partial charge in [0.1, 0.15) is 5.75 Å². The summed E-state index contributed by atoms with van der Waals surface area (Å²) in [5, 5.41) is 9.02. The van der Waals surface area contributed by atoms with Crippen molar-refractivity contribution in [1.29, 1.82) is 0 Å². The van der Waals surface area contributed by atoms with Crippen molar-refractivity contribution in [3.63, 3.8) is 0 Å². The molecule has 1 N–H and O–H groups in total. The summed E-state index contributed by atoms with van der Waals surface area (Å²) in [4.78, 5) is 13.1. The maximum absolute atomic E-state index is 9.72. The highest BCUT2D eigenvalue weighted by Gasteiger charge is 1.89. The Labute approximate surface area is 82.4 Å². The first kappa shape index (κ1) is 10.2. The van der Waals surface area contributed by atoms with Crippen molar-refractivity contribution in [3.8, 4) is 5.75 Å². The molecule has 1 rings (SSSR count). The normalized spacial score (nSPS) is 10.0. The van der Waals surface area contributed by atoms with Crippen LogP contribution in [0.2, 0.25) is 0 Å². The minimum absolute atomic E-state index is 0.267. The predicted molar refractivity (Wildman–Crippen MR) is 53.9 cm³/mol. The molecule has 0 fully saturated rings. The number of rotatable bonds is 4. The zero-order valence-electron chi connectivity index (χ0n) is 7.68. The average Bonchev–Trinajstić information content (AvgIpc) is 2.21. The van der Waals surface area contributed by atoms with Gasteiger partial charge in [-0.3, -0.25) is 0 Å². The molecule has 0 aliphatic carbocycles. The van der Waals surface area contributed by atoms with Crippen molar-refractivity contribution in [3.05, 3.63) is 42.0 Å². The van der Waals surface area contributed by atoms with Gasteiger partial charge in [0.05, 0.1) is 6.54 Å². The van der Waals surface area contributed by atoms with E-state index in [0.717, 1.165) is 12.0 Å². The van der Waals surface area contributed by atoms with Crippen molar-refractivity contribution < 1.29 is 9.90 Å². The summed E-state index contributed by atoms with van der Waals surface area (Å²) >= 11 is 0. The Balaban J connectivity index is 2.41. The van der Waals surface area contributed by atoms with E-state index < -0.39 is 0 Å². The molecule has 1 aromatic rings. The molecule has 3 heteroatoms. The van der Waals surface area contributed by atoms with Gasteiger partial charge >= 0.3 is 0 Å². The zero-order chi connectivity index (χ0) is 10.2. The van der Waals surface area contributed by atoms with Gasteiger partial charge in [0.25, 0.3) is 0 Å². The summed E-state index contributed by atoms with van der Waals surface area (Å²) in [6.07, 6.45) is 5.96. The summed E-state index contributed by atoms with van der Waals surface area (Å²) in [5.74, 6) is 0.267. The molecule has 0 unspecified atom stereocenters. The van der Waals surface area contributed by atoms with E-state index in [1.807, 2.05) is 18.2 Å². The molecule has 0 heterocycles. The Morgan fingerprint density at radius 3 is 2.64 bits per heavy atom. The number of carbonyl (C=O) groups excluding carboxylic acids is 1. The van der Waals surface area contributed by atoms with Gasteiger partial charge in [0.2, 0.25) is 6.08 Å². The van der Waals surface area contributed by atoms with Gasteiger partial charge in [0.15, 0.2) is 0 Å². The van der Waals surface area contributed by atoms with Crippen LogP contribution in [-0.2, 0) is 11.2 Å². The summed E-state index contributed by atoms with van der Waals surface area (Å²) in [6.45, 7) is 0.377. The molecule has 0 radical (unpaired) electrons. The highest BCUT2D eigenvalue weighted by molar-refractivity contribution is 5.33. The largest absolute Gasteiger partial charge is 0.508 e. The van der Waals surface area contributed by atoms with Gasteiger partial charge in [-0.2, -0.15) is 0 Å². The summed E-state index contributed by atoms with van der Waals surface area (Å²) in [6, 6.07) is 6.99. The van der Waals surface area contributed by atoms with Crippen molar-refractivity contribution in [2.24, 2.45) is 4.99 Å². The SMILES string of the molecule is O=C=NC/C=C\Cc1ccc(O)cc1. The molecule has 0 bridgehead atoms. The van der Waals surface area contributed by atoms with Crippen molar-refractivity contribution in [1.82, 2.24) is 0 Å². The summed E-state index contributed by atoms with van der Waals surface area (Å²) < 4.78 is 0. The Hall–Kier alpha value is -1.86. The lowest BCUT2D eigenvalue weighted by Crippen LogP contribution is -1.80. The van der Waals surface area contributed by atoms with Crippen molar-refractivity contribution >= 4 is 6.08 Å². The van der Waals surface area contributed by atoms with Gasteiger partial charge in [-0.25, -0.2) is 9.79 Å². The van der Waals surface area contributed by atoms with Crippen LogP contribution in [-0.4, -0.2) is 17.7 Å². The molecule has 0 saturated carbocycles. The van der Waals surface area contributed by atoms with Crippen molar-refractivity contribution in [2.75, 3.05) is 6.54 Å². The highest BCUT2D eigenvalue weighted by Crippen LogP contribution is 2.10. The highest BCUT2D eigenvalue weighted by atomic mass is 16.3. The van der Waals surface area contributed by atoms with Crippen LogP contribution in [0, 0.1) is 0 Å². The molecule has 72 valence electrons. The fourth-order valence-corrected chi connectivity index (χ4v) is 1.02. The molecule has 0 aliphatic rings. The molecule has 0 spiro atoms. The topological polar surface area (TPSA) is 49.7 Å². The molecule has 3 nitrogen and oxygen atoms in total. The quantitative estimate of drug-likeness (QED) is 0.446. The number of phenolic OH excluding ortho intramolecular Hbond substituents is 1. The third kappa shape index (κ3) is 3.70. The molecule has 1 aromatic carbocycles. The number of isocyanates is 1. The third-order valence-corrected chi connectivity index (χ3v) is 1.72. The lowest BCUT2D eigenvalue weighted by atomic mass is 10.1. The van der Waals surface area contributed by atoms with Crippen LogP contribution in [0.1, 0.15) is 5.56 Å². The Morgan fingerprint density at radius 1 is 1.29 bits per heavy atom. The lowest BCUT2D eigenvalue weighted by molar-refractivity contribution is 0.475. The van der Waals surface area contributed by atoms with E-state index in [4.69, 9.17) is 5.11 Å². The molecule has 14 heavy (non-hydrogen) atoms. The van der Waals surface area contributed by atoms with E-state index in [2.05, 4.69) is 4.99 Å². The Morgan fingerprint density at radius 2 is 2.00 bits per heavy atom. The number of hydrogen-bond acceptors (Lipinski definition) is 3. The number of nitrogens with zero attached hydrogens (tertiary/aromatic N) is 1. The number of hydrogen-bond donors (Lipinski definition) is 1. The first-order valence-corrected chi connectivity index (χ1v) is 4.29. The minimum Gasteiger partial charge on any atom is -0.508 e. The first-order valence-electron chi connectivity index (χ1n) is 4.29. The monoisotopic (exact) mass is 189 g/mol. The standard InChI is InChI=1S/C11H11NO2/c13-9-12-8-2-1-3-10-4-6-11(14)7-5-10/h1-2,4-7,14H,3,8H2/b2-1-. The summed E-state index contributed by atoms with van der Waals surface area (Å²) in [7, 11) is 0. The van der Waals surface area contributed by atoms with E-state index in [1.54, 1.807) is 18.2 Å². The van der Waals surface area contributed by atoms with E-state index >= 15 is 0 Å². The van der Waals surface area contributed by atoms with E-state index in [0.29, 0.717) is 6.54 Å². The Kier molecular flexibility index (Phi) is 4.18. The van der Waals surface area contributed by atoms with Crippen LogP contribution in [0.15, 0.2) is 41.4 Å². The van der Waals surface area contributed by atoms with Gasteiger partial charge in [-0.05, 0) is 24.1 Å². The third-order valence-electron chi connectivity index (χ3n) is 1.72. The van der Waals surface area contributed by atoms with Gasteiger partial charge in [0, 0.05) is 0 Å². The number of aromatic hydroxyl groups is 1. The Bertz CT molecular complexity index is 348. The second-order valence-electron chi connectivity index (χ2n) is 2.77. The molecular formula is C11H11NO2. The molecule has 0 amide bonds. The first-order chi connectivity index (χ1) is 6.83. The number of allylic oxidation sites excluding steroid dienone is 1. The van der Waals surface area contributed by atoms with E-state index in [9.17, 15) is 4.79 Å². The van der Waals surface area contributed by atoms with E-state index in [-0.39, 0.29) is 5.75 Å². The van der Waals surface area contributed by atoms with Crippen LogP contribution in [0.25, 0.3) is 0 Å². The maximum atomic E-state index is 9.72. The molecule has 0 aliphatic heterocycles. The molecule has 0 atom stereocenters. The lowest BCUT2D eigenvalue weighted by Gasteiger charge is -1.95. The second-order valence-corrected chi connectivity index (χ2v) is 2.77. The van der Waals surface area contributed by atoms with Gasteiger partial charge in [-0.15, -0.1) is 0 Å². The van der Waals surface area contributed by atoms with Crippen LogP contribution < -0.4 is 0 Å². The van der Waals surface area contributed by atoms with Gasteiger partial charge in [-0.1, -0.05) is 24.3 Å². The second kappa shape index (κ2) is 5.73. The van der Waals surface area contributed by atoms with Crippen LogP contribution in [0.4, 0.5) is 0 Å². The van der Waals surface area contributed by atoms with Crippen molar-refractivity contribution in [2.45, 2.75) is 6.42 Å². The fourth-order valence-electron chi connectivity index (χ4n) is 1.02. The van der Waals surface area contributed by atoms with Gasteiger partial charge < -0.3 is 5.11 Å². The average molecular weight is 189 g/mol. The van der Waals surface area contributed by atoms with Crippen LogP contribution >= 0.6 is 0 Å². The molecule has 0 saturated heterocycles. The molecular weight excluding hydrogens is 178 g/mol. The zero-order valence-corrected chi connectivity index (χ0v) is 7.68.